The summed E-state index contributed by atoms with van der Waals surface area (Å²) < 4.78 is 4.92. The van der Waals surface area contributed by atoms with E-state index in [4.69, 9.17) is 4.74 Å². The summed E-state index contributed by atoms with van der Waals surface area (Å²) in [5, 5.41) is 9.43. The molecule has 2 aromatic carbocycles. The Bertz CT molecular complexity index is 647. The lowest BCUT2D eigenvalue weighted by Gasteiger charge is -2.11. The molecule has 0 saturated carbocycles. The van der Waals surface area contributed by atoms with Crippen molar-refractivity contribution in [1.82, 2.24) is 0 Å². The van der Waals surface area contributed by atoms with E-state index in [0.717, 1.165) is 5.56 Å². The van der Waals surface area contributed by atoms with Gasteiger partial charge in [0.15, 0.2) is 0 Å². The molecule has 21 heavy (non-hydrogen) atoms. The maximum atomic E-state index is 11.9. The normalized spacial score (nSPS) is 10.1. The molecule has 0 bridgehead atoms. The van der Waals surface area contributed by atoms with Crippen molar-refractivity contribution < 1.29 is 19.4 Å². The molecule has 108 valence electrons. The lowest BCUT2D eigenvalue weighted by atomic mass is 9.95. The lowest BCUT2D eigenvalue weighted by molar-refractivity contribution is 0.0514. The molecule has 0 saturated heterocycles. The Balaban J connectivity index is 2.44. The molecule has 4 heteroatoms. The van der Waals surface area contributed by atoms with Crippen LogP contribution in [0, 0.1) is 0 Å². The van der Waals surface area contributed by atoms with Crippen molar-refractivity contribution in [2.45, 2.75) is 13.3 Å². The van der Waals surface area contributed by atoms with Crippen LogP contribution in [0.3, 0.4) is 0 Å². The first-order chi connectivity index (χ1) is 10.1. The minimum Gasteiger partial charge on any atom is -0.478 e. The van der Waals surface area contributed by atoms with Gasteiger partial charge in [-0.05, 0) is 30.5 Å². The number of hydrogen-bond acceptors (Lipinski definition) is 3. The summed E-state index contributed by atoms with van der Waals surface area (Å²) in [6, 6.07) is 14.4. The van der Waals surface area contributed by atoms with Gasteiger partial charge in [-0.15, -0.1) is 0 Å². The number of carboxylic acid groups (broad SMARTS) is 1. The second-order valence-electron chi connectivity index (χ2n) is 4.53. The molecule has 2 rings (SSSR count). The minimum absolute atomic E-state index is 0.0137. The average Bonchev–Trinajstić information content (AvgIpc) is 2.48. The highest BCUT2D eigenvalue weighted by Gasteiger charge is 2.21. The second kappa shape index (κ2) is 6.70. The molecule has 1 N–H and O–H groups in total. The smallest absolute Gasteiger partial charge is 0.339 e. The van der Waals surface area contributed by atoms with Gasteiger partial charge in [0.1, 0.15) is 0 Å². The highest BCUT2D eigenvalue weighted by atomic mass is 16.5. The molecular weight excluding hydrogens is 268 g/mol. The maximum Gasteiger partial charge on any atom is 0.339 e. The van der Waals surface area contributed by atoms with E-state index in [9.17, 15) is 14.7 Å². The summed E-state index contributed by atoms with van der Waals surface area (Å²) in [5.74, 6) is -1.73. The van der Waals surface area contributed by atoms with E-state index in [-0.39, 0.29) is 17.7 Å². The molecule has 0 fully saturated rings. The number of hydrogen-bond donors (Lipinski definition) is 1. The van der Waals surface area contributed by atoms with Crippen molar-refractivity contribution in [1.29, 1.82) is 0 Å². The Morgan fingerprint density at radius 2 is 1.76 bits per heavy atom. The fraction of sp³-hybridized carbons (Fsp3) is 0.176. The Kier molecular flexibility index (Phi) is 4.72. The fourth-order valence-electron chi connectivity index (χ4n) is 2.19. The van der Waals surface area contributed by atoms with Crippen molar-refractivity contribution in [3.63, 3.8) is 0 Å². The van der Waals surface area contributed by atoms with Crippen molar-refractivity contribution in [3.8, 4) is 0 Å². The van der Waals surface area contributed by atoms with Crippen LogP contribution in [0.1, 0.15) is 38.8 Å². The van der Waals surface area contributed by atoms with E-state index in [1.54, 1.807) is 19.1 Å². The summed E-state index contributed by atoms with van der Waals surface area (Å²) in [4.78, 5) is 23.4. The molecule has 0 radical (unpaired) electrons. The molecule has 4 nitrogen and oxygen atoms in total. The predicted molar refractivity (Wildman–Crippen MR) is 78.6 cm³/mol. The van der Waals surface area contributed by atoms with Gasteiger partial charge in [-0.2, -0.15) is 0 Å². The van der Waals surface area contributed by atoms with E-state index in [1.165, 1.54) is 6.07 Å². The molecule has 0 aromatic heterocycles. The minimum atomic E-state index is -1.12. The van der Waals surface area contributed by atoms with Gasteiger partial charge in [0.05, 0.1) is 17.7 Å². The maximum absolute atomic E-state index is 11.9. The van der Waals surface area contributed by atoms with Crippen LogP contribution in [0.15, 0.2) is 48.5 Å². The van der Waals surface area contributed by atoms with E-state index in [1.807, 2.05) is 30.3 Å². The first-order valence-corrected chi connectivity index (χ1v) is 6.69. The molecule has 0 spiro atoms. The van der Waals surface area contributed by atoms with Crippen LogP contribution in [-0.2, 0) is 11.2 Å². The van der Waals surface area contributed by atoms with Crippen molar-refractivity contribution in [3.05, 3.63) is 70.8 Å². The van der Waals surface area contributed by atoms with Gasteiger partial charge in [-0.25, -0.2) is 9.59 Å². The summed E-state index contributed by atoms with van der Waals surface area (Å²) in [7, 11) is 0. The molecule has 0 heterocycles. The van der Waals surface area contributed by atoms with Crippen LogP contribution in [0.2, 0.25) is 0 Å². The van der Waals surface area contributed by atoms with Crippen LogP contribution in [0.5, 0.6) is 0 Å². The molecule has 0 aliphatic carbocycles. The zero-order valence-corrected chi connectivity index (χ0v) is 11.7. The molecule has 0 atom stereocenters. The van der Waals surface area contributed by atoms with Crippen molar-refractivity contribution in [2.24, 2.45) is 0 Å². The Morgan fingerprint density at radius 3 is 2.38 bits per heavy atom. The predicted octanol–water partition coefficient (Wildman–Crippen LogP) is 3.15. The summed E-state index contributed by atoms with van der Waals surface area (Å²) in [6.07, 6.45) is 0.454. The number of rotatable bonds is 5. The number of aromatic carboxylic acids is 1. The zero-order valence-electron chi connectivity index (χ0n) is 11.7. The first kappa shape index (κ1) is 14.8. The third-order valence-electron chi connectivity index (χ3n) is 3.10. The third-order valence-corrected chi connectivity index (χ3v) is 3.10. The number of carbonyl (C=O) groups is 2. The van der Waals surface area contributed by atoms with Crippen LogP contribution in [0.25, 0.3) is 0 Å². The van der Waals surface area contributed by atoms with E-state index < -0.39 is 11.9 Å². The molecule has 0 aliphatic heterocycles. The van der Waals surface area contributed by atoms with E-state index in [0.29, 0.717) is 12.0 Å². The quantitative estimate of drug-likeness (QED) is 0.857. The van der Waals surface area contributed by atoms with Gasteiger partial charge in [-0.3, -0.25) is 0 Å². The largest absolute Gasteiger partial charge is 0.478 e. The standard InChI is InChI=1S/C17H16O4/c1-2-21-17(20)14-10-6-9-13(15(14)16(18)19)11-12-7-4-3-5-8-12/h3-10H,2,11H2,1H3,(H,18,19). The van der Waals surface area contributed by atoms with Crippen LogP contribution in [-0.4, -0.2) is 23.7 Å². The Labute approximate surface area is 123 Å². The monoisotopic (exact) mass is 284 g/mol. The lowest BCUT2D eigenvalue weighted by Crippen LogP contribution is -2.14. The zero-order chi connectivity index (χ0) is 15.2. The molecule has 2 aromatic rings. The van der Waals surface area contributed by atoms with Gasteiger partial charge >= 0.3 is 11.9 Å². The molecule has 0 unspecified atom stereocenters. The molecular formula is C17H16O4. The van der Waals surface area contributed by atoms with Crippen LogP contribution in [0.4, 0.5) is 0 Å². The average molecular weight is 284 g/mol. The summed E-state index contributed by atoms with van der Waals surface area (Å²) in [6.45, 7) is 1.90. The van der Waals surface area contributed by atoms with Gasteiger partial charge in [0, 0.05) is 0 Å². The number of esters is 1. The molecule has 0 amide bonds. The van der Waals surface area contributed by atoms with Crippen molar-refractivity contribution in [2.75, 3.05) is 6.61 Å². The van der Waals surface area contributed by atoms with Crippen LogP contribution >= 0.6 is 0 Å². The van der Waals surface area contributed by atoms with Gasteiger partial charge in [-0.1, -0.05) is 42.5 Å². The number of carboxylic acids is 1. The van der Waals surface area contributed by atoms with Crippen LogP contribution < -0.4 is 0 Å². The highest BCUT2D eigenvalue weighted by molar-refractivity contribution is 6.03. The second-order valence-corrected chi connectivity index (χ2v) is 4.53. The summed E-state index contributed by atoms with van der Waals surface area (Å²) in [5.41, 5.74) is 1.69. The van der Waals surface area contributed by atoms with Gasteiger partial charge < -0.3 is 9.84 Å². The summed E-state index contributed by atoms with van der Waals surface area (Å²) >= 11 is 0. The number of carbonyl (C=O) groups excluding carboxylic acids is 1. The molecule has 0 aliphatic rings. The number of ether oxygens (including phenoxy) is 1. The SMILES string of the molecule is CCOC(=O)c1cccc(Cc2ccccc2)c1C(=O)O. The number of benzene rings is 2. The topological polar surface area (TPSA) is 63.6 Å². The van der Waals surface area contributed by atoms with Crippen molar-refractivity contribution >= 4 is 11.9 Å². The Hall–Kier alpha value is -2.62. The highest BCUT2D eigenvalue weighted by Crippen LogP contribution is 2.19. The first-order valence-electron chi connectivity index (χ1n) is 6.69. The fourth-order valence-corrected chi connectivity index (χ4v) is 2.19. The van der Waals surface area contributed by atoms with E-state index in [2.05, 4.69) is 0 Å². The van der Waals surface area contributed by atoms with E-state index >= 15 is 0 Å². The third kappa shape index (κ3) is 3.48. The van der Waals surface area contributed by atoms with Gasteiger partial charge in [0.25, 0.3) is 0 Å². The Morgan fingerprint density at radius 1 is 1.05 bits per heavy atom. The van der Waals surface area contributed by atoms with Gasteiger partial charge in [0.2, 0.25) is 0 Å².